The Hall–Kier alpha value is -0.610. The number of nitrogens with one attached hydrogen (secondary N) is 1. The first-order valence-electron chi connectivity index (χ1n) is 7.45. The fourth-order valence-electron chi connectivity index (χ4n) is 3.13. The van der Waals surface area contributed by atoms with Crippen molar-refractivity contribution in [3.05, 3.63) is 0 Å². The number of hydrogen-bond donors (Lipinski definition) is 1. The van der Waals surface area contributed by atoms with Gasteiger partial charge in [-0.3, -0.25) is 9.69 Å². The van der Waals surface area contributed by atoms with E-state index in [1.807, 2.05) is 0 Å². The van der Waals surface area contributed by atoms with E-state index < -0.39 is 0 Å². The molecular weight excluding hydrogens is 226 g/mol. The van der Waals surface area contributed by atoms with Crippen LogP contribution in [0.4, 0.5) is 0 Å². The van der Waals surface area contributed by atoms with Crippen LogP contribution in [-0.2, 0) is 4.79 Å². The number of piperazine rings is 1. The quantitative estimate of drug-likeness (QED) is 0.799. The summed E-state index contributed by atoms with van der Waals surface area (Å²) in [5, 5.41) is 3.38. The van der Waals surface area contributed by atoms with Gasteiger partial charge in [0.1, 0.15) is 0 Å². The van der Waals surface area contributed by atoms with E-state index in [0.717, 1.165) is 32.7 Å². The Morgan fingerprint density at radius 3 is 2.44 bits per heavy atom. The molecule has 104 valence electrons. The number of likely N-dealkylation sites (tertiary alicyclic amines) is 1. The molecule has 2 saturated heterocycles. The van der Waals surface area contributed by atoms with Gasteiger partial charge in [0.15, 0.2) is 0 Å². The minimum absolute atomic E-state index is 0.0419. The van der Waals surface area contributed by atoms with E-state index >= 15 is 0 Å². The summed E-state index contributed by atoms with van der Waals surface area (Å²) < 4.78 is 0. The second-order valence-electron chi connectivity index (χ2n) is 5.71. The predicted molar refractivity (Wildman–Crippen MR) is 73.5 cm³/mol. The molecule has 2 rings (SSSR count). The van der Waals surface area contributed by atoms with Crippen molar-refractivity contribution in [2.75, 3.05) is 32.7 Å². The third-order valence-electron chi connectivity index (χ3n) is 4.33. The van der Waals surface area contributed by atoms with Crippen LogP contribution in [-0.4, -0.2) is 60.5 Å². The molecule has 2 aliphatic heterocycles. The maximum absolute atomic E-state index is 12.6. The molecule has 0 aromatic heterocycles. The van der Waals surface area contributed by atoms with Crippen LogP contribution < -0.4 is 5.32 Å². The van der Waals surface area contributed by atoms with E-state index in [4.69, 9.17) is 0 Å². The molecular formula is C14H27N3O. The van der Waals surface area contributed by atoms with Gasteiger partial charge in [0.05, 0.1) is 6.04 Å². The van der Waals surface area contributed by atoms with Gasteiger partial charge in [-0.25, -0.2) is 0 Å². The van der Waals surface area contributed by atoms with E-state index in [9.17, 15) is 4.79 Å². The van der Waals surface area contributed by atoms with Crippen LogP contribution >= 0.6 is 0 Å². The number of amides is 1. The maximum Gasteiger partial charge on any atom is 0.239 e. The summed E-state index contributed by atoms with van der Waals surface area (Å²) in [5.41, 5.74) is 0. The average Bonchev–Trinajstić information content (AvgIpc) is 2.66. The van der Waals surface area contributed by atoms with Crippen molar-refractivity contribution in [2.24, 2.45) is 0 Å². The summed E-state index contributed by atoms with van der Waals surface area (Å²) in [4.78, 5) is 17.0. The van der Waals surface area contributed by atoms with Crippen LogP contribution in [0.1, 0.15) is 39.5 Å². The van der Waals surface area contributed by atoms with E-state index in [0.29, 0.717) is 11.9 Å². The van der Waals surface area contributed by atoms with E-state index in [-0.39, 0.29) is 6.04 Å². The Kier molecular flexibility index (Phi) is 5.01. The molecule has 0 aliphatic carbocycles. The van der Waals surface area contributed by atoms with Crippen LogP contribution in [0.2, 0.25) is 0 Å². The number of rotatable bonds is 2. The molecule has 2 atom stereocenters. The molecule has 18 heavy (non-hydrogen) atoms. The lowest BCUT2D eigenvalue weighted by Gasteiger charge is -2.39. The van der Waals surface area contributed by atoms with Crippen molar-refractivity contribution >= 4 is 5.91 Å². The molecule has 0 saturated carbocycles. The highest BCUT2D eigenvalue weighted by Crippen LogP contribution is 2.15. The molecule has 0 spiro atoms. The van der Waals surface area contributed by atoms with Crippen LogP contribution in [0.5, 0.6) is 0 Å². The van der Waals surface area contributed by atoms with Crippen LogP contribution in [0.3, 0.4) is 0 Å². The highest BCUT2D eigenvalue weighted by molar-refractivity contribution is 5.81. The highest BCUT2D eigenvalue weighted by Gasteiger charge is 2.30. The number of carbonyl (C=O) groups excluding carboxylic acids is 1. The summed E-state index contributed by atoms with van der Waals surface area (Å²) in [6.07, 6.45) is 4.91. The second-order valence-corrected chi connectivity index (χ2v) is 5.71. The Morgan fingerprint density at radius 2 is 1.83 bits per heavy atom. The third-order valence-corrected chi connectivity index (χ3v) is 4.33. The molecule has 2 aliphatic rings. The Balaban J connectivity index is 1.93. The first kappa shape index (κ1) is 13.8. The number of nitrogens with zero attached hydrogens (tertiary/aromatic N) is 2. The lowest BCUT2D eigenvalue weighted by atomic mass is 10.1. The highest BCUT2D eigenvalue weighted by atomic mass is 16.2. The molecule has 4 heteroatoms. The van der Waals surface area contributed by atoms with Gasteiger partial charge in [-0.15, -0.1) is 0 Å². The Morgan fingerprint density at radius 1 is 1.17 bits per heavy atom. The van der Waals surface area contributed by atoms with Gasteiger partial charge in [-0.05, 0) is 26.7 Å². The van der Waals surface area contributed by atoms with Gasteiger partial charge >= 0.3 is 0 Å². The SMILES string of the molecule is CC(C(=O)N1CCCCCC1)N1CCNC[C@H]1C. The third kappa shape index (κ3) is 3.23. The molecule has 0 radical (unpaired) electrons. The van der Waals surface area contributed by atoms with Crippen molar-refractivity contribution in [1.29, 1.82) is 0 Å². The van der Waals surface area contributed by atoms with E-state index in [1.165, 1.54) is 25.7 Å². The Bertz CT molecular complexity index is 274. The van der Waals surface area contributed by atoms with Gasteiger partial charge in [0.2, 0.25) is 5.91 Å². The predicted octanol–water partition coefficient (Wildman–Crippen LogP) is 1.07. The van der Waals surface area contributed by atoms with Crippen molar-refractivity contribution in [1.82, 2.24) is 15.1 Å². The molecule has 2 heterocycles. The molecule has 1 amide bonds. The molecule has 0 aromatic rings. The van der Waals surface area contributed by atoms with Crippen LogP contribution in [0.25, 0.3) is 0 Å². The van der Waals surface area contributed by atoms with Gasteiger partial charge in [0.25, 0.3) is 0 Å². The van der Waals surface area contributed by atoms with Gasteiger partial charge in [-0.2, -0.15) is 0 Å². The minimum atomic E-state index is 0.0419. The zero-order valence-corrected chi connectivity index (χ0v) is 11.8. The van der Waals surface area contributed by atoms with Crippen molar-refractivity contribution in [3.63, 3.8) is 0 Å². The summed E-state index contributed by atoms with van der Waals surface area (Å²) in [6, 6.07) is 0.505. The number of carbonyl (C=O) groups is 1. The molecule has 1 N–H and O–H groups in total. The van der Waals surface area contributed by atoms with Crippen molar-refractivity contribution < 1.29 is 4.79 Å². The number of hydrogen-bond acceptors (Lipinski definition) is 3. The minimum Gasteiger partial charge on any atom is -0.341 e. The lowest BCUT2D eigenvalue weighted by Crippen LogP contribution is -2.57. The van der Waals surface area contributed by atoms with Crippen molar-refractivity contribution in [3.8, 4) is 0 Å². The average molecular weight is 253 g/mol. The summed E-state index contributed by atoms with van der Waals surface area (Å²) in [6.45, 7) is 9.20. The monoisotopic (exact) mass is 253 g/mol. The first-order valence-corrected chi connectivity index (χ1v) is 7.45. The topological polar surface area (TPSA) is 35.6 Å². The lowest BCUT2D eigenvalue weighted by molar-refractivity contribution is -0.137. The molecule has 0 aromatic carbocycles. The molecule has 0 bridgehead atoms. The maximum atomic E-state index is 12.6. The van der Waals surface area contributed by atoms with E-state index in [2.05, 4.69) is 29.0 Å². The zero-order valence-electron chi connectivity index (χ0n) is 11.8. The molecule has 1 unspecified atom stereocenters. The van der Waals surface area contributed by atoms with Crippen LogP contribution in [0, 0.1) is 0 Å². The Labute approximate surface area is 111 Å². The normalized spacial score (nSPS) is 28.8. The van der Waals surface area contributed by atoms with Gasteiger partial charge in [0, 0.05) is 38.8 Å². The van der Waals surface area contributed by atoms with Gasteiger partial charge in [-0.1, -0.05) is 12.8 Å². The summed E-state index contributed by atoms with van der Waals surface area (Å²) >= 11 is 0. The summed E-state index contributed by atoms with van der Waals surface area (Å²) in [5.74, 6) is 0.339. The molecule has 2 fully saturated rings. The fourth-order valence-corrected chi connectivity index (χ4v) is 3.13. The molecule has 4 nitrogen and oxygen atoms in total. The van der Waals surface area contributed by atoms with Crippen LogP contribution in [0.15, 0.2) is 0 Å². The zero-order chi connectivity index (χ0) is 13.0. The largest absolute Gasteiger partial charge is 0.341 e. The second kappa shape index (κ2) is 6.53. The fraction of sp³-hybridized carbons (Fsp3) is 0.929. The van der Waals surface area contributed by atoms with Gasteiger partial charge < -0.3 is 10.2 Å². The van der Waals surface area contributed by atoms with Crippen molar-refractivity contribution in [2.45, 2.75) is 51.6 Å². The standard InChI is InChI=1S/C14H27N3O/c1-12-11-15-7-10-17(12)13(2)14(18)16-8-5-3-4-6-9-16/h12-13,15H,3-11H2,1-2H3/t12-,13?/m1/s1. The van der Waals surface area contributed by atoms with E-state index in [1.54, 1.807) is 0 Å². The first-order chi connectivity index (χ1) is 8.70. The smallest absolute Gasteiger partial charge is 0.239 e. The summed E-state index contributed by atoms with van der Waals surface area (Å²) in [7, 11) is 0.